The molecular weight excluding hydrogens is 452 g/mol. The Morgan fingerprint density at radius 1 is 0.528 bits per heavy atom. The van der Waals surface area contributed by atoms with E-state index in [1.165, 1.54) is 0 Å². The van der Waals surface area contributed by atoms with Gasteiger partial charge in [-0.3, -0.25) is 19.2 Å². The smallest absolute Gasteiger partial charge is 0.255 e. The number of anilines is 2. The van der Waals surface area contributed by atoms with Crippen LogP contribution >= 0.6 is 0 Å². The molecule has 0 spiro atoms. The number of aryl methyl sites for hydroxylation is 2. The summed E-state index contributed by atoms with van der Waals surface area (Å²) in [4.78, 5) is 53.3. The highest BCUT2D eigenvalue weighted by Crippen LogP contribution is 2.37. The standard InChI is InChI=1S/C30H22N2O4/c1-17-9-3-5-11-19(17)29(35)31-23-15-16-24(32-30(36)20-12-6-4-10-18(20)2)26-25(23)27(33)21-13-7-8-14-22(21)28(26)34/h3-16H,1-2H3,(H,31,35)(H,32,36). The molecule has 4 aromatic carbocycles. The van der Waals surface area contributed by atoms with Crippen LogP contribution in [0.3, 0.4) is 0 Å². The summed E-state index contributed by atoms with van der Waals surface area (Å²) in [6, 6.07) is 23.8. The van der Waals surface area contributed by atoms with E-state index in [1.54, 1.807) is 60.7 Å². The van der Waals surface area contributed by atoms with Crippen LogP contribution < -0.4 is 10.6 Å². The molecule has 0 heterocycles. The number of carbonyl (C=O) groups excluding carboxylic acids is 4. The molecule has 0 bridgehead atoms. The Hall–Kier alpha value is -4.84. The number of amides is 2. The number of hydrogen-bond acceptors (Lipinski definition) is 4. The van der Waals surface area contributed by atoms with Crippen molar-refractivity contribution in [3.05, 3.63) is 129 Å². The lowest BCUT2D eigenvalue weighted by Gasteiger charge is -2.23. The van der Waals surface area contributed by atoms with E-state index in [0.29, 0.717) is 11.1 Å². The first-order valence-corrected chi connectivity index (χ1v) is 11.5. The van der Waals surface area contributed by atoms with Crippen LogP contribution in [0, 0.1) is 13.8 Å². The molecule has 6 nitrogen and oxygen atoms in total. The zero-order valence-corrected chi connectivity index (χ0v) is 19.7. The fraction of sp³-hybridized carbons (Fsp3) is 0.0667. The summed E-state index contributed by atoms with van der Waals surface area (Å²) in [7, 11) is 0. The Balaban J connectivity index is 1.62. The molecule has 0 saturated carbocycles. The maximum atomic E-state index is 13.6. The highest BCUT2D eigenvalue weighted by atomic mass is 16.2. The van der Waals surface area contributed by atoms with E-state index in [-0.39, 0.29) is 33.6 Å². The Labute approximate surface area is 208 Å². The number of benzene rings is 4. The summed E-state index contributed by atoms with van der Waals surface area (Å²) >= 11 is 0. The van der Waals surface area contributed by atoms with Crippen LogP contribution in [0.4, 0.5) is 11.4 Å². The molecule has 176 valence electrons. The second kappa shape index (κ2) is 9.07. The molecule has 0 saturated heterocycles. The van der Waals surface area contributed by atoms with E-state index in [0.717, 1.165) is 11.1 Å². The lowest BCUT2D eigenvalue weighted by Crippen LogP contribution is -2.26. The topological polar surface area (TPSA) is 92.3 Å². The van der Waals surface area contributed by atoms with E-state index < -0.39 is 23.4 Å². The zero-order chi connectivity index (χ0) is 25.4. The van der Waals surface area contributed by atoms with Crippen LogP contribution in [0.1, 0.15) is 63.7 Å². The molecule has 5 rings (SSSR count). The van der Waals surface area contributed by atoms with Crippen molar-refractivity contribution < 1.29 is 19.2 Å². The number of hydrogen-bond donors (Lipinski definition) is 2. The second-order valence-electron chi connectivity index (χ2n) is 8.65. The molecular formula is C30H22N2O4. The molecule has 0 aliphatic heterocycles. The summed E-state index contributed by atoms with van der Waals surface area (Å²) in [6.45, 7) is 3.64. The average molecular weight is 475 g/mol. The quantitative estimate of drug-likeness (QED) is 0.356. The van der Waals surface area contributed by atoms with Crippen LogP contribution in [0.5, 0.6) is 0 Å². The monoisotopic (exact) mass is 474 g/mol. The molecule has 0 aromatic heterocycles. The lowest BCUT2D eigenvalue weighted by molar-refractivity contribution is 0.0977. The van der Waals surface area contributed by atoms with Gasteiger partial charge in [0.05, 0.1) is 22.5 Å². The molecule has 0 fully saturated rings. The molecule has 1 aliphatic rings. The predicted molar refractivity (Wildman–Crippen MR) is 138 cm³/mol. The van der Waals surface area contributed by atoms with E-state index in [9.17, 15) is 19.2 Å². The van der Waals surface area contributed by atoms with Crippen LogP contribution in [-0.4, -0.2) is 23.4 Å². The van der Waals surface area contributed by atoms with Gasteiger partial charge in [-0.15, -0.1) is 0 Å². The van der Waals surface area contributed by atoms with Crippen molar-refractivity contribution in [2.75, 3.05) is 10.6 Å². The Kier molecular flexibility index (Phi) is 5.78. The molecule has 0 atom stereocenters. The van der Waals surface area contributed by atoms with Crippen molar-refractivity contribution in [1.29, 1.82) is 0 Å². The summed E-state index contributed by atoms with van der Waals surface area (Å²) in [6.07, 6.45) is 0. The SMILES string of the molecule is Cc1ccccc1C(=O)Nc1ccc(NC(=O)c2ccccc2C)c2c1C(=O)c1ccccc1C2=O. The second-order valence-corrected chi connectivity index (χ2v) is 8.65. The molecule has 2 amide bonds. The fourth-order valence-corrected chi connectivity index (χ4v) is 4.47. The van der Waals surface area contributed by atoms with Crippen molar-refractivity contribution in [2.24, 2.45) is 0 Å². The average Bonchev–Trinajstić information content (AvgIpc) is 2.88. The van der Waals surface area contributed by atoms with E-state index in [1.807, 2.05) is 38.1 Å². The van der Waals surface area contributed by atoms with Crippen molar-refractivity contribution >= 4 is 34.8 Å². The Bertz CT molecular complexity index is 1470. The van der Waals surface area contributed by atoms with Crippen LogP contribution in [-0.2, 0) is 0 Å². The molecule has 36 heavy (non-hydrogen) atoms. The van der Waals surface area contributed by atoms with Crippen LogP contribution in [0.15, 0.2) is 84.9 Å². The highest BCUT2D eigenvalue weighted by Gasteiger charge is 2.34. The minimum atomic E-state index is -0.397. The van der Waals surface area contributed by atoms with Gasteiger partial charge in [0.2, 0.25) is 0 Å². The van der Waals surface area contributed by atoms with Gasteiger partial charge in [0, 0.05) is 22.3 Å². The van der Waals surface area contributed by atoms with Crippen LogP contribution in [0.25, 0.3) is 0 Å². The Morgan fingerprint density at radius 3 is 1.28 bits per heavy atom. The van der Waals surface area contributed by atoms with Gasteiger partial charge in [0.15, 0.2) is 11.6 Å². The Morgan fingerprint density at radius 2 is 0.889 bits per heavy atom. The maximum Gasteiger partial charge on any atom is 0.255 e. The van der Waals surface area contributed by atoms with E-state index >= 15 is 0 Å². The van der Waals surface area contributed by atoms with Crippen molar-refractivity contribution in [3.63, 3.8) is 0 Å². The van der Waals surface area contributed by atoms with E-state index in [2.05, 4.69) is 10.6 Å². The highest BCUT2D eigenvalue weighted by molar-refractivity contribution is 6.33. The number of rotatable bonds is 4. The molecule has 0 unspecified atom stereocenters. The van der Waals surface area contributed by atoms with Gasteiger partial charge in [-0.2, -0.15) is 0 Å². The first-order chi connectivity index (χ1) is 17.4. The molecule has 0 radical (unpaired) electrons. The van der Waals surface area contributed by atoms with Gasteiger partial charge in [-0.25, -0.2) is 0 Å². The molecule has 1 aliphatic carbocycles. The lowest BCUT2D eigenvalue weighted by atomic mass is 9.82. The first-order valence-electron chi connectivity index (χ1n) is 11.5. The van der Waals surface area contributed by atoms with Crippen molar-refractivity contribution in [3.8, 4) is 0 Å². The minimum Gasteiger partial charge on any atom is -0.321 e. The first kappa shape index (κ1) is 22.9. The molecule has 2 N–H and O–H groups in total. The van der Waals surface area contributed by atoms with Gasteiger partial charge < -0.3 is 10.6 Å². The summed E-state index contributed by atoms with van der Waals surface area (Å²) in [5, 5.41) is 5.61. The van der Waals surface area contributed by atoms with Gasteiger partial charge in [-0.05, 0) is 49.2 Å². The number of fused-ring (bicyclic) bond motifs is 2. The van der Waals surface area contributed by atoms with Crippen molar-refractivity contribution in [1.82, 2.24) is 0 Å². The maximum absolute atomic E-state index is 13.6. The third kappa shape index (κ3) is 3.88. The number of nitrogens with one attached hydrogen (secondary N) is 2. The zero-order valence-electron chi connectivity index (χ0n) is 19.7. The molecule has 4 aromatic rings. The van der Waals surface area contributed by atoms with Gasteiger partial charge in [0.25, 0.3) is 11.8 Å². The molecule has 6 heteroatoms. The number of carbonyl (C=O) groups is 4. The van der Waals surface area contributed by atoms with Gasteiger partial charge >= 0.3 is 0 Å². The number of ketones is 2. The third-order valence-corrected chi connectivity index (χ3v) is 6.35. The summed E-state index contributed by atoms with van der Waals surface area (Å²) in [5.41, 5.74) is 3.51. The minimum absolute atomic E-state index is 0.0585. The van der Waals surface area contributed by atoms with Crippen molar-refractivity contribution in [2.45, 2.75) is 13.8 Å². The summed E-state index contributed by atoms with van der Waals surface area (Å²) < 4.78 is 0. The largest absolute Gasteiger partial charge is 0.321 e. The fourth-order valence-electron chi connectivity index (χ4n) is 4.47. The van der Waals surface area contributed by atoms with Crippen LogP contribution in [0.2, 0.25) is 0 Å². The third-order valence-electron chi connectivity index (χ3n) is 6.35. The van der Waals surface area contributed by atoms with E-state index in [4.69, 9.17) is 0 Å². The van der Waals surface area contributed by atoms with Gasteiger partial charge in [0.1, 0.15) is 0 Å². The van der Waals surface area contributed by atoms with Gasteiger partial charge in [-0.1, -0.05) is 60.7 Å². The normalized spacial score (nSPS) is 11.9. The summed E-state index contributed by atoms with van der Waals surface area (Å²) in [5.74, 6) is -1.59. The predicted octanol–water partition coefficient (Wildman–Crippen LogP) is 5.58.